The average Bonchev–Trinajstić information content (AvgIpc) is 2.96. The Bertz CT molecular complexity index is 555. The summed E-state index contributed by atoms with van der Waals surface area (Å²) in [4.78, 5) is 28.1. The molecule has 120 valence electrons. The van der Waals surface area contributed by atoms with Crippen LogP contribution in [0.25, 0.3) is 0 Å². The van der Waals surface area contributed by atoms with Crippen LogP contribution in [0.5, 0.6) is 0 Å². The van der Waals surface area contributed by atoms with Gasteiger partial charge in [0.05, 0.1) is 12.6 Å². The molecule has 2 saturated heterocycles. The molecule has 0 saturated carbocycles. The lowest BCUT2D eigenvalue weighted by Gasteiger charge is -2.36. The minimum absolute atomic E-state index is 0.0152. The quantitative estimate of drug-likeness (QED) is 0.857. The molecule has 0 bridgehead atoms. The molecule has 1 aromatic heterocycles. The number of nitrogens with zero attached hydrogens (tertiary/aromatic N) is 3. The fraction of sp³-hybridized carbons (Fsp3) is 0.688. The van der Waals surface area contributed by atoms with Crippen LogP contribution < -0.4 is 0 Å². The third-order valence-corrected chi connectivity index (χ3v) is 4.56. The van der Waals surface area contributed by atoms with Crippen molar-refractivity contribution in [2.45, 2.75) is 51.5 Å². The molecule has 2 aliphatic rings. The average molecular weight is 305 g/mol. The van der Waals surface area contributed by atoms with E-state index in [9.17, 15) is 9.59 Å². The molecule has 0 aromatic carbocycles. The van der Waals surface area contributed by atoms with Crippen LogP contribution in [0.4, 0.5) is 0 Å². The van der Waals surface area contributed by atoms with E-state index in [-0.39, 0.29) is 24.4 Å². The van der Waals surface area contributed by atoms with Crippen molar-refractivity contribution in [2.75, 3.05) is 19.6 Å². The van der Waals surface area contributed by atoms with Crippen molar-refractivity contribution in [3.8, 4) is 0 Å². The molecular weight excluding hydrogens is 282 g/mol. The standard InChI is InChI=1S/C16H23N3O3/c1-12-10-13(17-22-12)14-6-2-5-9-19(14)16(21)11-18-8-4-3-7-15(18)20/h10,14H,2-9,11H2,1H3. The predicted octanol–water partition coefficient (Wildman–Crippen LogP) is 2.05. The molecule has 22 heavy (non-hydrogen) atoms. The second-order valence-corrected chi connectivity index (χ2v) is 6.23. The van der Waals surface area contributed by atoms with E-state index in [0.717, 1.165) is 50.1 Å². The smallest absolute Gasteiger partial charge is 0.242 e. The Morgan fingerprint density at radius 1 is 1.32 bits per heavy atom. The molecular formula is C16H23N3O3. The number of carbonyl (C=O) groups is 2. The Labute approximate surface area is 130 Å². The first-order chi connectivity index (χ1) is 10.6. The number of piperidine rings is 2. The number of likely N-dealkylation sites (tertiary alicyclic amines) is 2. The lowest BCUT2D eigenvalue weighted by Crippen LogP contribution is -2.47. The van der Waals surface area contributed by atoms with Gasteiger partial charge in [0, 0.05) is 25.6 Å². The lowest BCUT2D eigenvalue weighted by atomic mass is 9.99. The predicted molar refractivity (Wildman–Crippen MR) is 80.0 cm³/mol. The highest BCUT2D eigenvalue weighted by Crippen LogP contribution is 2.30. The second kappa shape index (κ2) is 6.50. The van der Waals surface area contributed by atoms with Crippen LogP contribution >= 0.6 is 0 Å². The highest BCUT2D eigenvalue weighted by Gasteiger charge is 2.32. The summed E-state index contributed by atoms with van der Waals surface area (Å²) in [5, 5.41) is 4.08. The van der Waals surface area contributed by atoms with E-state index in [1.54, 1.807) is 4.90 Å². The third-order valence-electron chi connectivity index (χ3n) is 4.56. The van der Waals surface area contributed by atoms with Gasteiger partial charge < -0.3 is 14.3 Å². The van der Waals surface area contributed by atoms with E-state index < -0.39 is 0 Å². The van der Waals surface area contributed by atoms with Crippen molar-refractivity contribution in [3.05, 3.63) is 17.5 Å². The summed E-state index contributed by atoms with van der Waals surface area (Å²) in [6, 6.07) is 1.89. The maximum absolute atomic E-state index is 12.7. The Balaban J connectivity index is 1.70. The van der Waals surface area contributed by atoms with E-state index in [1.807, 2.05) is 17.9 Å². The number of rotatable bonds is 3. The highest BCUT2D eigenvalue weighted by atomic mass is 16.5. The van der Waals surface area contributed by atoms with Crippen LogP contribution in [-0.2, 0) is 9.59 Å². The van der Waals surface area contributed by atoms with E-state index in [2.05, 4.69) is 5.16 Å². The van der Waals surface area contributed by atoms with Gasteiger partial charge in [-0.15, -0.1) is 0 Å². The minimum Gasteiger partial charge on any atom is -0.361 e. The van der Waals surface area contributed by atoms with Gasteiger partial charge >= 0.3 is 0 Å². The molecule has 3 heterocycles. The van der Waals surface area contributed by atoms with Crippen LogP contribution in [-0.4, -0.2) is 46.4 Å². The summed E-state index contributed by atoms with van der Waals surface area (Å²) in [6.07, 6.45) is 5.50. The van der Waals surface area contributed by atoms with Crippen molar-refractivity contribution >= 4 is 11.8 Å². The summed E-state index contributed by atoms with van der Waals surface area (Å²) in [5.41, 5.74) is 0.829. The van der Waals surface area contributed by atoms with Gasteiger partial charge in [-0.1, -0.05) is 5.16 Å². The van der Waals surface area contributed by atoms with Crippen molar-refractivity contribution in [3.63, 3.8) is 0 Å². The minimum atomic E-state index is -0.0152. The molecule has 2 aliphatic heterocycles. The Hall–Kier alpha value is -1.85. The molecule has 1 atom stereocenters. The number of carbonyl (C=O) groups excluding carboxylic acids is 2. The van der Waals surface area contributed by atoms with Crippen LogP contribution in [0, 0.1) is 6.92 Å². The monoisotopic (exact) mass is 305 g/mol. The summed E-state index contributed by atoms with van der Waals surface area (Å²) in [5.74, 6) is 0.894. The molecule has 0 radical (unpaired) electrons. The molecule has 0 aliphatic carbocycles. The van der Waals surface area contributed by atoms with Gasteiger partial charge in [-0.3, -0.25) is 9.59 Å². The molecule has 1 aromatic rings. The molecule has 0 N–H and O–H groups in total. The van der Waals surface area contributed by atoms with E-state index >= 15 is 0 Å². The van der Waals surface area contributed by atoms with Crippen molar-refractivity contribution < 1.29 is 14.1 Å². The van der Waals surface area contributed by atoms with Gasteiger partial charge in [-0.05, 0) is 39.0 Å². The second-order valence-electron chi connectivity index (χ2n) is 6.23. The summed E-state index contributed by atoms with van der Waals surface area (Å²) < 4.78 is 5.16. The van der Waals surface area contributed by atoms with Gasteiger partial charge in [0.25, 0.3) is 0 Å². The molecule has 0 spiro atoms. The third kappa shape index (κ3) is 3.15. The zero-order valence-electron chi connectivity index (χ0n) is 13.1. The topological polar surface area (TPSA) is 66.7 Å². The van der Waals surface area contributed by atoms with Gasteiger partial charge in [0.1, 0.15) is 11.5 Å². The summed E-state index contributed by atoms with van der Waals surface area (Å²) in [6.45, 7) is 3.49. The van der Waals surface area contributed by atoms with Gasteiger partial charge in [-0.25, -0.2) is 0 Å². The maximum atomic E-state index is 12.7. The van der Waals surface area contributed by atoms with Gasteiger partial charge in [0.15, 0.2) is 0 Å². The fourth-order valence-electron chi connectivity index (χ4n) is 3.36. The van der Waals surface area contributed by atoms with E-state index in [0.29, 0.717) is 13.0 Å². The summed E-state index contributed by atoms with van der Waals surface area (Å²) >= 11 is 0. The van der Waals surface area contributed by atoms with Crippen LogP contribution in [0.3, 0.4) is 0 Å². The van der Waals surface area contributed by atoms with Crippen molar-refractivity contribution in [1.29, 1.82) is 0 Å². The van der Waals surface area contributed by atoms with E-state index in [4.69, 9.17) is 4.52 Å². The highest BCUT2D eigenvalue weighted by molar-refractivity contribution is 5.85. The zero-order valence-corrected chi connectivity index (χ0v) is 13.1. The SMILES string of the molecule is Cc1cc(C2CCCCN2C(=O)CN2CCCCC2=O)no1. The molecule has 3 rings (SSSR count). The molecule has 2 amide bonds. The van der Waals surface area contributed by atoms with Crippen molar-refractivity contribution in [2.24, 2.45) is 0 Å². The van der Waals surface area contributed by atoms with Gasteiger partial charge in [0.2, 0.25) is 11.8 Å². The number of hydrogen-bond donors (Lipinski definition) is 0. The molecule has 1 unspecified atom stereocenters. The zero-order chi connectivity index (χ0) is 15.5. The van der Waals surface area contributed by atoms with Gasteiger partial charge in [-0.2, -0.15) is 0 Å². The number of aryl methyl sites for hydroxylation is 1. The van der Waals surface area contributed by atoms with Crippen LogP contribution in [0.1, 0.15) is 56.0 Å². The summed E-state index contributed by atoms with van der Waals surface area (Å²) in [7, 11) is 0. The van der Waals surface area contributed by atoms with Crippen molar-refractivity contribution in [1.82, 2.24) is 15.0 Å². The Morgan fingerprint density at radius 2 is 2.14 bits per heavy atom. The first kappa shape index (κ1) is 15.1. The van der Waals surface area contributed by atoms with E-state index in [1.165, 1.54) is 0 Å². The Morgan fingerprint density at radius 3 is 2.86 bits per heavy atom. The van der Waals surface area contributed by atoms with Crippen LogP contribution in [0.2, 0.25) is 0 Å². The van der Waals surface area contributed by atoms with Crippen LogP contribution in [0.15, 0.2) is 10.6 Å². The first-order valence-electron chi connectivity index (χ1n) is 8.15. The first-order valence-corrected chi connectivity index (χ1v) is 8.15. The number of aromatic nitrogens is 1. The maximum Gasteiger partial charge on any atom is 0.242 e. The normalized spacial score (nSPS) is 23.0. The molecule has 6 heteroatoms. The molecule has 6 nitrogen and oxygen atoms in total. The fourth-order valence-corrected chi connectivity index (χ4v) is 3.36. The largest absolute Gasteiger partial charge is 0.361 e. The number of hydrogen-bond acceptors (Lipinski definition) is 4. The number of amides is 2. The Kier molecular flexibility index (Phi) is 4.45. The molecule has 2 fully saturated rings. The lowest BCUT2D eigenvalue weighted by molar-refractivity contribution is -0.144.